The van der Waals surface area contributed by atoms with Gasteiger partial charge >= 0.3 is 12.1 Å². The standard InChI is InChI=1S/C22H25NO6S/c1-15(3-12-20(25)26)21(16-4-8-18(9-5-16)28-14-13-24)29-22(27)23-17-6-10-19(30-2)11-7-17/h3-12,15,21,24H,13-14H2,1-2H3,(H,23,27)(H,25,26)/b12-3+/t15-,21-/m0/s1. The van der Waals surface area contributed by atoms with E-state index in [1.165, 1.54) is 6.08 Å². The molecule has 0 aliphatic rings. The van der Waals surface area contributed by atoms with Crippen LogP contribution in [0, 0.1) is 5.92 Å². The molecule has 0 bridgehead atoms. The lowest BCUT2D eigenvalue weighted by Gasteiger charge is -2.23. The Balaban J connectivity index is 2.15. The van der Waals surface area contributed by atoms with Gasteiger partial charge in [0.15, 0.2) is 0 Å². The summed E-state index contributed by atoms with van der Waals surface area (Å²) in [5.41, 5.74) is 1.28. The van der Waals surface area contributed by atoms with E-state index >= 15 is 0 Å². The van der Waals surface area contributed by atoms with Gasteiger partial charge in [-0.1, -0.05) is 25.1 Å². The Labute approximate surface area is 179 Å². The van der Waals surface area contributed by atoms with Crippen molar-refractivity contribution in [2.24, 2.45) is 5.92 Å². The molecule has 1 amide bonds. The Morgan fingerprint density at radius 3 is 2.37 bits per heavy atom. The third-order valence-electron chi connectivity index (χ3n) is 4.16. The zero-order chi connectivity index (χ0) is 21.9. The number of thioether (sulfide) groups is 1. The zero-order valence-electron chi connectivity index (χ0n) is 16.8. The van der Waals surface area contributed by atoms with E-state index in [2.05, 4.69) is 5.32 Å². The molecule has 2 atom stereocenters. The van der Waals surface area contributed by atoms with Crippen LogP contribution in [0.2, 0.25) is 0 Å². The number of benzene rings is 2. The molecule has 3 N–H and O–H groups in total. The van der Waals surface area contributed by atoms with Gasteiger partial charge in [0.25, 0.3) is 0 Å². The number of carbonyl (C=O) groups is 2. The normalized spacial score (nSPS) is 12.9. The van der Waals surface area contributed by atoms with Crippen molar-refractivity contribution in [2.45, 2.75) is 17.9 Å². The number of anilines is 1. The first-order chi connectivity index (χ1) is 14.4. The van der Waals surface area contributed by atoms with Crippen LogP contribution in [0.15, 0.2) is 65.6 Å². The Hall–Kier alpha value is -2.97. The molecule has 2 rings (SSSR count). The van der Waals surface area contributed by atoms with Crippen molar-refractivity contribution < 1.29 is 29.3 Å². The maximum Gasteiger partial charge on any atom is 0.412 e. The van der Waals surface area contributed by atoms with Gasteiger partial charge in [-0.2, -0.15) is 0 Å². The van der Waals surface area contributed by atoms with Crippen LogP contribution in [0.5, 0.6) is 5.75 Å². The van der Waals surface area contributed by atoms with Crippen LogP contribution >= 0.6 is 11.8 Å². The first kappa shape index (κ1) is 23.3. The smallest absolute Gasteiger partial charge is 0.412 e. The molecule has 2 aromatic rings. The molecule has 0 unspecified atom stereocenters. The topological polar surface area (TPSA) is 105 Å². The molecule has 0 aliphatic heterocycles. The summed E-state index contributed by atoms with van der Waals surface area (Å²) in [6.07, 6.45) is 3.11. The number of aliphatic hydroxyl groups excluding tert-OH is 1. The molecule has 30 heavy (non-hydrogen) atoms. The second kappa shape index (κ2) is 11.9. The lowest BCUT2D eigenvalue weighted by molar-refractivity contribution is -0.131. The van der Waals surface area contributed by atoms with Gasteiger partial charge in [0, 0.05) is 22.6 Å². The predicted molar refractivity (Wildman–Crippen MR) is 116 cm³/mol. The highest BCUT2D eigenvalue weighted by molar-refractivity contribution is 7.98. The monoisotopic (exact) mass is 431 g/mol. The summed E-state index contributed by atoms with van der Waals surface area (Å²) in [6, 6.07) is 14.2. The third-order valence-corrected chi connectivity index (χ3v) is 4.90. The SMILES string of the molecule is CSc1ccc(NC(=O)O[C@H](c2ccc(OCCO)cc2)[C@@H](C)/C=C/C(=O)O)cc1. The number of carbonyl (C=O) groups excluding carboxylic acids is 1. The van der Waals surface area contributed by atoms with Crippen LogP contribution in [0.4, 0.5) is 10.5 Å². The van der Waals surface area contributed by atoms with Crippen LogP contribution in [0.1, 0.15) is 18.6 Å². The van der Waals surface area contributed by atoms with Gasteiger partial charge in [-0.25, -0.2) is 9.59 Å². The van der Waals surface area contributed by atoms with Crippen molar-refractivity contribution in [2.75, 3.05) is 24.8 Å². The number of carboxylic acids is 1. The van der Waals surface area contributed by atoms with Gasteiger partial charge in [-0.3, -0.25) is 5.32 Å². The summed E-state index contributed by atoms with van der Waals surface area (Å²) in [5.74, 6) is -0.903. The second-order valence-corrected chi connectivity index (χ2v) is 7.26. The fraction of sp³-hybridized carbons (Fsp3) is 0.273. The Morgan fingerprint density at radius 1 is 1.13 bits per heavy atom. The highest BCUT2D eigenvalue weighted by atomic mass is 32.2. The molecule has 8 heteroatoms. The minimum atomic E-state index is -1.08. The Kier molecular flexibility index (Phi) is 9.24. The molecule has 0 radical (unpaired) electrons. The van der Waals surface area contributed by atoms with Gasteiger partial charge in [0.1, 0.15) is 18.5 Å². The minimum Gasteiger partial charge on any atom is -0.491 e. The number of rotatable bonds is 10. The number of ether oxygens (including phenoxy) is 2. The quantitative estimate of drug-likeness (QED) is 0.379. The molecule has 0 fully saturated rings. The summed E-state index contributed by atoms with van der Waals surface area (Å²) in [5, 5.41) is 20.4. The van der Waals surface area contributed by atoms with Crippen molar-refractivity contribution in [1.29, 1.82) is 0 Å². The predicted octanol–water partition coefficient (Wildman–Crippen LogP) is 4.35. The van der Waals surface area contributed by atoms with E-state index < -0.39 is 24.1 Å². The number of carboxylic acid groups (broad SMARTS) is 1. The molecule has 2 aromatic carbocycles. The minimum absolute atomic E-state index is 0.0946. The highest BCUT2D eigenvalue weighted by Crippen LogP contribution is 2.29. The van der Waals surface area contributed by atoms with Gasteiger partial charge in [-0.15, -0.1) is 11.8 Å². The Bertz CT molecular complexity index is 851. The lowest BCUT2D eigenvalue weighted by Crippen LogP contribution is -2.21. The number of hydrogen-bond acceptors (Lipinski definition) is 6. The van der Waals surface area contributed by atoms with Crippen LogP contribution in [-0.4, -0.2) is 41.7 Å². The lowest BCUT2D eigenvalue weighted by atomic mass is 9.96. The first-order valence-corrected chi connectivity index (χ1v) is 10.5. The Morgan fingerprint density at radius 2 is 1.80 bits per heavy atom. The van der Waals surface area contributed by atoms with Crippen molar-refractivity contribution in [3.63, 3.8) is 0 Å². The van der Waals surface area contributed by atoms with E-state index in [0.717, 1.165) is 11.0 Å². The van der Waals surface area contributed by atoms with Gasteiger partial charge < -0.3 is 19.7 Å². The largest absolute Gasteiger partial charge is 0.491 e. The average Bonchev–Trinajstić information content (AvgIpc) is 2.75. The fourth-order valence-corrected chi connectivity index (χ4v) is 3.08. The molecule has 7 nitrogen and oxygen atoms in total. The van der Waals surface area contributed by atoms with E-state index in [0.29, 0.717) is 17.0 Å². The number of aliphatic hydroxyl groups is 1. The third kappa shape index (κ3) is 7.46. The van der Waals surface area contributed by atoms with Gasteiger partial charge in [0.2, 0.25) is 0 Å². The molecule has 0 heterocycles. The van der Waals surface area contributed by atoms with Crippen LogP contribution in [0.25, 0.3) is 0 Å². The number of amides is 1. The van der Waals surface area contributed by atoms with E-state index in [1.807, 2.05) is 18.4 Å². The molecule has 0 aliphatic carbocycles. The molecular formula is C22H25NO6S. The van der Waals surface area contributed by atoms with Crippen molar-refractivity contribution >= 4 is 29.5 Å². The number of aliphatic carboxylic acids is 1. The van der Waals surface area contributed by atoms with Crippen molar-refractivity contribution in [3.05, 3.63) is 66.2 Å². The zero-order valence-corrected chi connectivity index (χ0v) is 17.6. The van der Waals surface area contributed by atoms with E-state index in [9.17, 15) is 9.59 Å². The molecule has 0 spiro atoms. The van der Waals surface area contributed by atoms with Crippen LogP contribution < -0.4 is 10.1 Å². The maximum absolute atomic E-state index is 12.5. The molecular weight excluding hydrogens is 406 g/mol. The summed E-state index contributed by atoms with van der Waals surface area (Å²) in [4.78, 5) is 24.4. The van der Waals surface area contributed by atoms with Crippen molar-refractivity contribution in [3.8, 4) is 5.75 Å². The van der Waals surface area contributed by atoms with Crippen LogP contribution in [0.3, 0.4) is 0 Å². The molecule has 0 saturated heterocycles. The van der Waals surface area contributed by atoms with E-state index in [1.54, 1.807) is 55.1 Å². The molecule has 160 valence electrons. The maximum atomic E-state index is 12.5. The van der Waals surface area contributed by atoms with Gasteiger partial charge in [0.05, 0.1) is 6.61 Å². The van der Waals surface area contributed by atoms with E-state index in [-0.39, 0.29) is 13.2 Å². The van der Waals surface area contributed by atoms with Crippen LogP contribution in [-0.2, 0) is 9.53 Å². The fourth-order valence-electron chi connectivity index (χ4n) is 2.67. The first-order valence-electron chi connectivity index (χ1n) is 9.29. The highest BCUT2D eigenvalue weighted by Gasteiger charge is 2.22. The summed E-state index contributed by atoms with van der Waals surface area (Å²) in [6.45, 7) is 1.85. The van der Waals surface area contributed by atoms with Gasteiger partial charge in [-0.05, 0) is 48.2 Å². The number of nitrogens with one attached hydrogen (secondary N) is 1. The summed E-state index contributed by atoms with van der Waals surface area (Å²) in [7, 11) is 0. The molecule has 0 aromatic heterocycles. The number of hydrogen-bond donors (Lipinski definition) is 3. The second-order valence-electron chi connectivity index (χ2n) is 6.38. The summed E-state index contributed by atoms with van der Waals surface area (Å²) < 4.78 is 11.0. The average molecular weight is 432 g/mol. The molecule has 0 saturated carbocycles. The summed E-state index contributed by atoms with van der Waals surface area (Å²) >= 11 is 1.60. The van der Waals surface area contributed by atoms with E-state index in [4.69, 9.17) is 19.7 Å². The van der Waals surface area contributed by atoms with Crippen molar-refractivity contribution in [1.82, 2.24) is 0 Å².